The van der Waals surface area contributed by atoms with Crippen LogP contribution in [0.4, 0.5) is 5.82 Å². The van der Waals surface area contributed by atoms with E-state index in [-0.39, 0.29) is 11.8 Å². The van der Waals surface area contributed by atoms with Gasteiger partial charge in [-0.2, -0.15) is 9.97 Å². The van der Waals surface area contributed by atoms with Crippen molar-refractivity contribution in [1.29, 1.82) is 0 Å². The topological polar surface area (TPSA) is 117 Å². The molecule has 2 aromatic heterocycles. The number of benzene rings is 1. The molecule has 3 aromatic rings. The van der Waals surface area contributed by atoms with E-state index in [0.717, 1.165) is 11.1 Å². The maximum absolute atomic E-state index is 11.9. The minimum Gasteiger partial charge on any atom is -0.461 e. The number of nitrogens with two attached hydrogens (primary N) is 1. The van der Waals surface area contributed by atoms with Gasteiger partial charge in [0.15, 0.2) is 16.2 Å². The molecule has 0 radical (unpaired) electrons. The predicted molar refractivity (Wildman–Crippen MR) is 113 cm³/mol. The SMILES string of the molecule is CCO[P+](=O)Cc1cccc(Cn2c(=S)[nH]c3c(N)nc(OCCOC)nc32)c1. The molecule has 154 valence electrons. The van der Waals surface area contributed by atoms with Gasteiger partial charge in [-0.1, -0.05) is 18.2 Å². The number of fused-ring (bicyclic) bond motifs is 1. The number of nitrogens with one attached hydrogen (secondary N) is 1. The Morgan fingerprint density at radius 1 is 1.28 bits per heavy atom. The number of anilines is 1. The van der Waals surface area contributed by atoms with Gasteiger partial charge in [-0.25, -0.2) is 0 Å². The van der Waals surface area contributed by atoms with Crippen LogP contribution in [0.3, 0.4) is 0 Å². The highest BCUT2D eigenvalue weighted by Gasteiger charge is 2.18. The highest BCUT2D eigenvalue weighted by Crippen LogP contribution is 2.28. The number of aromatic nitrogens is 4. The van der Waals surface area contributed by atoms with E-state index >= 15 is 0 Å². The van der Waals surface area contributed by atoms with Crippen LogP contribution in [0.5, 0.6) is 6.01 Å². The largest absolute Gasteiger partial charge is 0.512 e. The number of nitrogen functional groups attached to an aromatic ring is 1. The molecule has 3 rings (SSSR count). The third-order valence-corrected chi connectivity index (χ3v) is 5.56. The van der Waals surface area contributed by atoms with Gasteiger partial charge in [-0.05, 0) is 35.3 Å². The van der Waals surface area contributed by atoms with Crippen molar-refractivity contribution in [3.8, 4) is 6.01 Å². The van der Waals surface area contributed by atoms with Crippen LogP contribution < -0.4 is 10.5 Å². The Bertz CT molecular complexity index is 1070. The molecule has 3 N–H and O–H groups in total. The monoisotopic (exact) mass is 436 g/mol. The Labute approximate surface area is 174 Å². The van der Waals surface area contributed by atoms with E-state index < -0.39 is 8.03 Å². The van der Waals surface area contributed by atoms with Crippen LogP contribution in [0.25, 0.3) is 11.2 Å². The maximum Gasteiger partial charge on any atom is 0.512 e. The van der Waals surface area contributed by atoms with Crippen molar-refractivity contribution >= 4 is 37.2 Å². The minimum atomic E-state index is -1.72. The van der Waals surface area contributed by atoms with Crippen LogP contribution in [0.15, 0.2) is 24.3 Å². The molecule has 1 unspecified atom stereocenters. The van der Waals surface area contributed by atoms with E-state index in [1.807, 2.05) is 35.8 Å². The van der Waals surface area contributed by atoms with Gasteiger partial charge in [0.1, 0.15) is 12.1 Å². The average molecular weight is 436 g/mol. The summed E-state index contributed by atoms with van der Waals surface area (Å²) in [6.07, 6.45) is 0.364. The Hall–Kier alpha value is -2.39. The van der Waals surface area contributed by atoms with Crippen LogP contribution >= 0.6 is 20.2 Å². The van der Waals surface area contributed by atoms with E-state index in [2.05, 4.69) is 15.0 Å². The zero-order chi connectivity index (χ0) is 20.8. The summed E-state index contributed by atoms with van der Waals surface area (Å²) in [7, 11) is -0.130. The number of nitrogens with zero attached hydrogens (tertiary/aromatic N) is 3. The molecule has 29 heavy (non-hydrogen) atoms. The molecule has 0 amide bonds. The lowest BCUT2D eigenvalue weighted by atomic mass is 10.1. The third kappa shape index (κ3) is 5.36. The zero-order valence-corrected chi connectivity index (χ0v) is 18.0. The lowest BCUT2D eigenvalue weighted by Crippen LogP contribution is -2.09. The normalized spacial score (nSPS) is 11.7. The molecule has 2 heterocycles. The van der Waals surface area contributed by atoms with Crippen molar-refractivity contribution in [3.05, 3.63) is 40.2 Å². The van der Waals surface area contributed by atoms with E-state index in [1.165, 1.54) is 0 Å². The molecule has 9 nitrogen and oxygen atoms in total. The molecule has 0 spiro atoms. The Balaban J connectivity index is 1.88. The van der Waals surface area contributed by atoms with E-state index in [0.29, 0.717) is 48.5 Å². The second-order valence-corrected chi connectivity index (χ2v) is 7.80. The summed E-state index contributed by atoms with van der Waals surface area (Å²) in [4.78, 5) is 11.7. The first-order valence-electron chi connectivity index (χ1n) is 9.05. The first-order chi connectivity index (χ1) is 14.0. The fourth-order valence-electron chi connectivity index (χ4n) is 2.81. The van der Waals surface area contributed by atoms with Crippen molar-refractivity contribution in [1.82, 2.24) is 19.5 Å². The first kappa shape index (κ1) is 21.3. The van der Waals surface area contributed by atoms with E-state index in [1.54, 1.807) is 7.11 Å². The fourth-order valence-corrected chi connectivity index (χ4v) is 3.93. The lowest BCUT2D eigenvalue weighted by molar-refractivity contribution is 0.141. The van der Waals surface area contributed by atoms with Crippen LogP contribution in [0, 0.1) is 4.77 Å². The molecule has 1 aromatic carbocycles. The standard InChI is InChI=1S/C18H22N5O4PS/c1-3-27-28(24)11-13-6-4-5-12(9-13)10-23-16-14(20-18(23)29)15(19)21-17(22-16)26-8-7-25-2/h4-6,9H,3,7-8,10-11H2,1-2H3,(H2-,19,20,21,22,29)/p+1. The second-order valence-electron chi connectivity index (χ2n) is 6.18. The van der Waals surface area contributed by atoms with E-state index in [9.17, 15) is 4.57 Å². The predicted octanol–water partition coefficient (Wildman–Crippen LogP) is 3.42. The molecule has 0 saturated heterocycles. The van der Waals surface area contributed by atoms with Crippen molar-refractivity contribution in [2.24, 2.45) is 0 Å². The highest BCUT2D eigenvalue weighted by atomic mass is 32.1. The molecular formula is C18H23N5O4PS+. The molecule has 0 fully saturated rings. The number of H-pyrrole nitrogens is 1. The Morgan fingerprint density at radius 3 is 2.83 bits per heavy atom. The van der Waals surface area contributed by atoms with Crippen LogP contribution in [-0.2, 0) is 26.5 Å². The van der Waals surface area contributed by atoms with Gasteiger partial charge in [-0.3, -0.25) is 4.57 Å². The van der Waals surface area contributed by atoms with Crippen molar-refractivity contribution in [2.45, 2.75) is 19.6 Å². The smallest absolute Gasteiger partial charge is 0.461 e. The van der Waals surface area contributed by atoms with Crippen molar-refractivity contribution < 1.29 is 18.6 Å². The number of rotatable bonds is 10. The first-order valence-corrected chi connectivity index (χ1v) is 10.8. The molecule has 0 saturated carbocycles. The third-order valence-electron chi connectivity index (χ3n) is 4.07. The quantitative estimate of drug-likeness (QED) is 0.282. The summed E-state index contributed by atoms with van der Waals surface area (Å²) in [6.45, 7) is 3.44. The number of aromatic amines is 1. The van der Waals surface area contributed by atoms with Gasteiger partial charge in [-0.15, -0.1) is 4.52 Å². The van der Waals surface area contributed by atoms with Gasteiger partial charge >= 0.3 is 14.0 Å². The Kier molecular flexibility index (Phi) is 7.27. The minimum absolute atomic E-state index is 0.164. The number of methoxy groups -OCH3 is 1. The fraction of sp³-hybridized carbons (Fsp3) is 0.389. The van der Waals surface area contributed by atoms with Gasteiger partial charge < -0.3 is 20.2 Å². The number of hydrogen-bond donors (Lipinski definition) is 2. The molecule has 11 heteroatoms. The number of hydrogen-bond acceptors (Lipinski definition) is 8. The summed E-state index contributed by atoms with van der Waals surface area (Å²) in [5.41, 5.74) is 9.08. The van der Waals surface area contributed by atoms with Crippen LogP contribution in [0.1, 0.15) is 18.1 Å². The van der Waals surface area contributed by atoms with Crippen LogP contribution in [-0.4, -0.2) is 46.4 Å². The Morgan fingerprint density at radius 2 is 2.07 bits per heavy atom. The number of imidazole rings is 1. The molecule has 0 bridgehead atoms. The molecule has 0 aliphatic heterocycles. The molecule has 0 aliphatic rings. The average Bonchev–Trinajstić information content (AvgIpc) is 2.99. The summed E-state index contributed by atoms with van der Waals surface area (Å²) < 4.78 is 29.8. The highest BCUT2D eigenvalue weighted by molar-refractivity contribution is 7.71. The molecule has 1 atom stereocenters. The summed E-state index contributed by atoms with van der Waals surface area (Å²) >= 11 is 5.45. The van der Waals surface area contributed by atoms with Gasteiger partial charge in [0.05, 0.1) is 19.8 Å². The number of ether oxygens (including phenoxy) is 2. The summed E-state index contributed by atoms with van der Waals surface area (Å²) in [5.74, 6) is 0.259. The van der Waals surface area contributed by atoms with Gasteiger partial charge in [0, 0.05) is 12.7 Å². The van der Waals surface area contributed by atoms with Gasteiger partial charge in [0.2, 0.25) is 6.16 Å². The maximum atomic E-state index is 11.9. The van der Waals surface area contributed by atoms with Crippen molar-refractivity contribution in [2.75, 3.05) is 32.7 Å². The lowest BCUT2D eigenvalue weighted by Gasteiger charge is -2.08. The summed E-state index contributed by atoms with van der Waals surface area (Å²) in [5, 5.41) is 0. The summed E-state index contributed by atoms with van der Waals surface area (Å²) in [6, 6.07) is 7.95. The zero-order valence-electron chi connectivity index (χ0n) is 16.3. The van der Waals surface area contributed by atoms with Crippen LogP contribution in [0.2, 0.25) is 0 Å². The van der Waals surface area contributed by atoms with Crippen molar-refractivity contribution in [3.63, 3.8) is 0 Å². The molecule has 0 aliphatic carbocycles. The van der Waals surface area contributed by atoms with E-state index in [4.69, 9.17) is 31.9 Å². The van der Waals surface area contributed by atoms with Gasteiger partial charge in [0.25, 0.3) is 0 Å². The second kappa shape index (κ2) is 9.89. The molecular weight excluding hydrogens is 413 g/mol.